The summed E-state index contributed by atoms with van der Waals surface area (Å²) in [6.07, 6.45) is -0.204. The highest BCUT2D eigenvalue weighted by atomic mass is 16.5. The predicted octanol–water partition coefficient (Wildman–Crippen LogP) is 2.80. The molecule has 0 saturated heterocycles. The number of carboxylic acid groups (broad SMARTS) is 1. The highest BCUT2D eigenvalue weighted by molar-refractivity contribution is 5.99. The van der Waals surface area contributed by atoms with Crippen LogP contribution < -0.4 is 9.64 Å². The summed E-state index contributed by atoms with van der Waals surface area (Å²) in [5.74, 6) is -0.512. The second-order valence-electron chi connectivity index (χ2n) is 9.37. The molecule has 3 rings (SSSR count). The van der Waals surface area contributed by atoms with Gasteiger partial charge in [0.15, 0.2) is 5.75 Å². The van der Waals surface area contributed by atoms with Crippen molar-refractivity contribution in [3.63, 3.8) is 0 Å². The van der Waals surface area contributed by atoms with Gasteiger partial charge < -0.3 is 24.7 Å². The van der Waals surface area contributed by atoms with Crippen LogP contribution in [0.25, 0.3) is 0 Å². The molecule has 1 aliphatic heterocycles. The smallest absolute Gasteiger partial charge is 0.335 e. The van der Waals surface area contributed by atoms with Gasteiger partial charge >= 0.3 is 5.97 Å². The molecule has 1 aliphatic rings. The third-order valence-corrected chi connectivity index (χ3v) is 6.30. The van der Waals surface area contributed by atoms with Gasteiger partial charge in [-0.3, -0.25) is 9.69 Å². The van der Waals surface area contributed by atoms with E-state index in [1.807, 2.05) is 57.2 Å². The summed E-state index contributed by atoms with van der Waals surface area (Å²) >= 11 is 0. The molecule has 8 nitrogen and oxygen atoms in total. The average molecular weight is 470 g/mol. The molecule has 1 heterocycles. The van der Waals surface area contributed by atoms with E-state index in [1.165, 1.54) is 0 Å². The quantitative estimate of drug-likeness (QED) is 0.614. The Morgan fingerprint density at radius 2 is 1.85 bits per heavy atom. The number of carbonyl (C=O) groups excluding carboxylic acids is 1. The van der Waals surface area contributed by atoms with Crippen LogP contribution in [0.1, 0.15) is 40.1 Å². The number of fused-ring (bicyclic) bond motifs is 1. The van der Waals surface area contributed by atoms with Crippen LogP contribution in [-0.4, -0.2) is 84.9 Å². The Hall–Kier alpha value is -3.10. The minimum atomic E-state index is -0.941. The van der Waals surface area contributed by atoms with Gasteiger partial charge in [-0.25, -0.2) is 4.79 Å². The minimum absolute atomic E-state index is 0.0122. The number of nitrogens with zero attached hydrogens (tertiary/aromatic N) is 3. The number of ether oxygens (including phenoxy) is 1. The van der Waals surface area contributed by atoms with Gasteiger partial charge in [0.25, 0.3) is 5.91 Å². The Morgan fingerprint density at radius 3 is 2.44 bits per heavy atom. The van der Waals surface area contributed by atoms with Gasteiger partial charge in [0.2, 0.25) is 0 Å². The Balaban J connectivity index is 1.89. The van der Waals surface area contributed by atoms with Crippen LogP contribution in [-0.2, 0) is 6.54 Å². The van der Waals surface area contributed by atoms with Crippen molar-refractivity contribution in [1.82, 2.24) is 9.80 Å². The largest absolute Gasteiger partial charge is 0.486 e. The Morgan fingerprint density at radius 1 is 1.18 bits per heavy atom. The maximum Gasteiger partial charge on any atom is 0.335 e. The summed E-state index contributed by atoms with van der Waals surface area (Å²) in [7, 11) is 5.83. The minimum Gasteiger partial charge on any atom is -0.486 e. The molecule has 2 N–H and O–H groups in total. The number of aliphatic hydroxyl groups is 1. The van der Waals surface area contributed by atoms with Gasteiger partial charge in [0.05, 0.1) is 29.5 Å². The van der Waals surface area contributed by atoms with E-state index < -0.39 is 5.97 Å². The maximum atomic E-state index is 13.4. The van der Waals surface area contributed by atoms with Crippen molar-refractivity contribution in [2.45, 2.75) is 32.5 Å². The van der Waals surface area contributed by atoms with Crippen LogP contribution in [0.15, 0.2) is 42.5 Å². The average Bonchev–Trinajstić information content (AvgIpc) is 2.80. The molecule has 1 amide bonds. The van der Waals surface area contributed by atoms with Gasteiger partial charge in [0, 0.05) is 39.6 Å². The zero-order valence-corrected chi connectivity index (χ0v) is 20.6. The molecule has 0 aromatic heterocycles. The molecule has 0 spiro atoms. The van der Waals surface area contributed by atoms with Crippen molar-refractivity contribution >= 4 is 17.6 Å². The van der Waals surface area contributed by atoms with E-state index in [9.17, 15) is 14.7 Å². The summed E-state index contributed by atoms with van der Waals surface area (Å²) in [6, 6.07) is 12.1. The van der Waals surface area contributed by atoms with Crippen LogP contribution in [0.4, 0.5) is 5.69 Å². The molecule has 3 atom stereocenters. The van der Waals surface area contributed by atoms with Gasteiger partial charge in [-0.15, -0.1) is 0 Å². The van der Waals surface area contributed by atoms with Crippen LogP contribution in [0.3, 0.4) is 0 Å². The first-order valence-corrected chi connectivity index (χ1v) is 11.5. The molecular weight excluding hydrogens is 434 g/mol. The lowest BCUT2D eigenvalue weighted by Crippen LogP contribution is -2.49. The summed E-state index contributed by atoms with van der Waals surface area (Å²) in [5, 5.41) is 18.9. The molecule has 184 valence electrons. The first-order valence-electron chi connectivity index (χ1n) is 11.5. The molecule has 0 unspecified atom stereocenters. The van der Waals surface area contributed by atoms with Gasteiger partial charge in [-0.05, 0) is 43.8 Å². The number of hydrogen-bond acceptors (Lipinski definition) is 6. The number of anilines is 1. The van der Waals surface area contributed by atoms with Gasteiger partial charge in [-0.1, -0.05) is 25.1 Å². The SMILES string of the molecule is C[C@@H]1CN([C@@H](C)CO)C(=O)c2cccc(N(C)C)c2O[C@@H]1CN(C)Cc1ccc(C(=O)O)cc1. The van der Waals surface area contributed by atoms with Gasteiger partial charge in [0.1, 0.15) is 6.10 Å². The van der Waals surface area contributed by atoms with Crippen molar-refractivity contribution in [3.05, 3.63) is 59.2 Å². The maximum absolute atomic E-state index is 13.4. The van der Waals surface area contributed by atoms with E-state index in [0.717, 1.165) is 11.3 Å². The van der Waals surface area contributed by atoms with E-state index >= 15 is 0 Å². The normalized spacial score (nSPS) is 19.1. The number of amides is 1. The third-order valence-electron chi connectivity index (χ3n) is 6.30. The van der Waals surface area contributed by atoms with E-state index in [0.29, 0.717) is 30.9 Å². The summed E-state index contributed by atoms with van der Waals surface area (Å²) in [5.41, 5.74) is 2.59. The number of hydrogen-bond donors (Lipinski definition) is 2. The topological polar surface area (TPSA) is 93.6 Å². The van der Waals surface area contributed by atoms with Crippen molar-refractivity contribution in [2.24, 2.45) is 5.92 Å². The monoisotopic (exact) mass is 469 g/mol. The fourth-order valence-corrected chi connectivity index (χ4v) is 4.23. The Labute approximate surface area is 201 Å². The lowest BCUT2D eigenvalue weighted by Gasteiger charge is -2.39. The first-order chi connectivity index (χ1) is 16.1. The van der Waals surface area contributed by atoms with E-state index in [4.69, 9.17) is 9.84 Å². The number of rotatable bonds is 8. The number of benzene rings is 2. The number of likely N-dealkylation sites (N-methyl/N-ethyl adjacent to an activating group) is 1. The second-order valence-corrected chi connectivity index (χ2v) is 9.37. The molecular formula is C26H35N3O5. The van der Waals surface area contributed by atoms with Crippen molar-refractivity contribution in [2.75, 3.05) is 45.7 Å². The molecule has 0 radical (unpaired) electrons. The van der Waals surface area contributed by atoms with Crippen molar-refractivity contribution < 1.29 is 24.5 Å². The Kier molecular flexibility index (Phi) is 8.17. The van der Waals surface area contributed by atoms with E-state index in [2.05, 4.69) is 11.8 Å². The Bertz CT molecular complexity index is 1010. The highest BCUT2D eigenvalue weighted by Gasteiger charge is 2.34. The second kappa shape index (κ2) is 10.9. The lowest BCUT2D eigenvalue weighted by atomic mass is 9.98. The fraction of sp³-hybridized carbons (Fsp3) is 0.462. The summed E-state index contributed by atoms with van der Waals surface area (Å²) < 4.78 is 6.56. The number of carbonyl (C=O) groups is 2. The van der Waals surface area contributed by atoms with E-state index in [-0.39, 0.29) is 36.1 Å². The molecule has 0 aliphatic carbocycles. The highest BCUT2D eigenvalue weighted by Crippen LogP contribution is 2.36. The fourth-order valence-electron chi connectivity index (χ4n) is 4.23. The van der Waals surface area contributed by atoms with Crippen LogP contribution in [0, 0.1) is 5.92 Å². The predicted molar refractivity (Wildman–Crippen MR) is 132 cm³/mol. The zero-order valence-electron chi connectivity index (χ0n) is 20.6. The molecule has 8 heteroatoms. The number of carboxylic acids is 1. The number of para-hydroxylation sites is 1. The summed E-state index contributed by atoms with van der Waals surface area (Å²) in [4.78, 5) is 30.3. The molecule has 0 bridgehead atoms. The number of aromatic carboxylic acids is 1. The zero-order chi connectivity index (χ0) is 25.0. The van der Waals surface area contributed by atoms with Crippen LogP contribution in [0.5, 0.6) is 5.75 Å². The number of aliphatic hydroxyl groups excluding tert-OH is 1. The van der Waals surface area contributed by atoms with Crippen LogP contribution in [0.2, 0.25) is 0 Å². The molecule has 2 aromatic rings. The third kappa shape index (κ3) is 5.69. The molecule has 2 aromatic carbocycles. The van der Waals surface area contributed by atoms with Crippen molar-refractivity contribution in [3.8, 4) is 5.75 Å². The first kappa shape index (κ1) is 25.5. The van der Waals surface area contributed by atoms with Crippen molar-refractivity contribution in [1.29, 1.82) is 0 Å². The van der Waals surface area contributed by atoms with Crippen LogP contribution >= 0.6 is 0 Å². The molecule has 34 heavy (non-hydrogen) atoms. The summed E-state index contributed by atoms with van der Waals surface area (Å²) in [6.45, 7) is 5.51. The van der Waals surface area contributed by atoms with Gasteiger partial charge in [-0.2, -0.15) is 0 Å². The molecule has 0 fully saturated rings. The van der Waals surface area contributed by atoms with E-state index in [1.54, 1.807) is 23.1 Å². The molecule has 0 saturated carbocycles. The standard InChI is InChI=1S/C26H35N3O5/c1-17-13-29(18(2)16-30)25(31)21-7-6-8-22(27(3)4)24(21)34-23(17)15-28(5)14-19-9-11-20(12-10-19)26(32)33/h6-12,17-18,23,30H,13-16H2,1-5H3,(H,32,33)/t17-,18+,23-/m1/s1. The lowest BCUT2D eigenvalue weighted by molar-refractivity contribution is 0.0343.